The number of likely N-dealkylation sites (N-methyl/N-ethyl adjacent to an activating group) is 2. The van der Waals surface area contributed by atoms with Gasteiger partial charge in [-0.2, -0.15) is 0 Å². The first-order valence-electron chi connectivity index (χ1n) is 17.3. The summed E-state index contributed by atoms with van der Waals surface area (Å²) < 4.78 is 0. The third kappa shape index (κ3) is 12.2. The molecule has 1 aliphatic rings. The molecule has 8 heteroatoms. The maximum Gasteiger partial charge on any atom is 0.246 e. The summed E-state index contributed by atoms with van der Waals surface area (Å²) in [5.74, 6) is -1.43. The molecule has 0 spiro atoms. The number of carbonyl (C=O) groups is 3. The first kappa shape index (κ1) is 39.6. The number of rotatable bonds is 24. The van der Waals surface area contributed by atoms with Crippen LogP contribution in [0.25, 0.3) is 0 Å². The van der Waals surface area contributed by atoms with E-state index in [0.717, 1.165) is 25.0 Å². The van der Waals surface area contributed by atoms with Crippen LogP contribution < -0.4 is 11.5 Å². The molecule has 3 atom stereocenters. The van der Waals surface area contributed by atoms with Crippen molar-refractivity contribution in [3.63, 3.8) is 0 Å². The van der Waals surface area contributed by atoms with Crippen LogP contribution in [-0.4, -0.2) is 78.7 Å². The topological polar surface area (TPSA) is 113 Å². The molecule has 1 fully saturated rings. The molecule has 0 bridgehead atoms. The van der Waals surface area contributed by atoms with E-state index in [1.807, 2.05) is 25.9 Å². The Kier molecular flexibility index (Phi) is 19.2. The minimum Gasteiger partial charge on any atom is -0.366 e. The zero-order valence-electron chi connectivity index (χ0n) is 29.3. The molecule has 0 aromatic heterocycles. The van der Waals surface area contributed by atoms with Gasteiger partial charge in [-0.25, -0.2) is 0 Å². The lowest BCUT2D eigenvalue weighted by molar-refractivity contribution is -0.128. The summed E-state index contributed by atoms with van der Waals surface area (Å²) in [7, 11) is 5.97. The summed E-state index contributed by atoms with van der Waals surface area (Å²) in [5, 5.41) is 0. The van der Waals surface area contributed by atoms with Crippen molar-refractivity contribution in [1.82, 2.24) is 14.7 Å². The predicted octanol–water partition coefficient (Wildman–Crippen LogP) is 6.31. The van der Waals surface area contributed by atoms with Crippen molar-refractivity contribution in [1.29, 1.82) is 0 Å². The van der Waals surface area contributed by atoms with Crippen LogP contribution in [0.3, 0.4) is 0 Å². The van der Waals surface area contributed by atoms with Crippen LogP contribution in [0.5, 0.6) is 0 Å². The Labute approximate surface area is 269 Å². The standard InChI is InChI=1S/C36H65N5O3/c1-9-13-14-15-16-17-18-19-20-21-22-24-40(8)31(11-3)29(27(5)34(37)42)26-30(35(38)43)33(32(12-4)39(6)7)41-25-23-28(10-2)36(41)44/h10,28,31-32H,2,9,11-26H2,1,3-8H3,(H2,37,42)(H2,38,43)/b29-27-,33-30-. The molecule has 4 N–H and O–H groups in total. The summed E-state index contributed by atoms with van der Waals surface area (Å²) in [6.07, 6.45) is 18.1. The Morgan fingerprint density at radius 1 is 0.886 bits per heavy atom. The number of likely N-dealkylation sites (tertiary alicyclic amines) is 1. The van der Waals surface area contributed by atoms with Gasteiger partial charge in [-0.05, 0) is 65.9 Å². The molecule has 8 nitrogen and oxygen atoms in total. The lowest BCUT2D eigenvalue weighted by Crippen LogP contribution is -2.42. The second-order valence-corrected chi connectivity index (χ2v) is 12.9. The summed E-state index contributed by atoms with van der Waals surface area (Å²) >= 11 is 0. The Bertz CT molecular complexity index is 986. The second-order valence-electron chi connectivity index (χ2n) is 12.9. The fraction of sp³-hybridized carbons (Fsp3) is 0.750. The normalized spacial score (nSPS) is 18.0. The summed E-state index contributed by atoms with van der Waals surface area (Å²) in [6.45, 7) is 13.4. The van der Waals surface area contributed by atoms with E-state index in [0.29, 0.717) is 36.2 Å². The summed E-state index contributed by atoms with van der Waals surface area (Å²) in [6, 6.07) is -0.287. The number of hydrogen-bond donors (Lipinski definition) is 2. The van der Waals surface area contributed by atoms with Gasteiger partial charge >= 0.3 is 0 Å². The van der Waals surface area contributed by atoms with Gasteiger partial charge in [0.1, 0.15) is 0 Å². The monoisotopic (exact) mass is 616 g/mol. The Morgan fingerprint density at radius 3 is 1.82 bits per heavy atom. The van der Waals surface area contributed by atoms with E-state index in [2.05, 4.69) is 32.4 Å². The van der Waals surface area contributed by atoms with E-state index in [4.69, 9.17) is 11.5 Å². The highest BCUT2D eigenvalue weighted by molar-refractivity contribution is 5.96. The first-order chi connectivity index (χ1) is 21.0. The van der Waals surface area contributed by atoms with Gasteiger partial charge in [-0.1, -0.05) is 91.1 Å². The number of nitrogens with two attached hydrogens (primary N) is 2. The lowest BCUT2D eigenvalue weighted by atomic mass is 9.88. The molecule has 1 saturated heterocycles. The highest BCUT2D eigenvalue weighted by Gasteiger charge is 2.38. The molecule has 0 radical (unpaired) electrons. The molecule has 44 heavy (non-hydrogen) atoms. The van der Waals surface area contributed by atoms with Gasteiger partial charge in [-0.3, -0.25) is 19.3 Å². The van der Waals surface area contributed by atoms with Gasteiger partial charge in [0.05, 0.1) is 5.92 Å². The molecule has 1 aliphatic heterocycles. The van der Waals surface area contributed by atoms with E-state index in [1.54, 1.807) is 17.9 Å². The van der Waals surface area contributed by atoms with Crippen molar-refractivity contribution < 1.29 is 14.4 Å². The molecule has 0 saturated carbocycles. The SMILES string of the molecule is C=CC1CCN(/C(=C(/C/C(=C(\C)C(N)=O)C(CC)N(C)CCCCCCCCCCCCC)C(N)=O)C(CC)N(C)C)C1=O. The van der Waals surface area contributed by atoms with Crippen LogP contribution in [0.2, 0.25) is 0 Å². The summed E-state index contributed by atoms with van der Waals surface area (Å²) in [4.78, 5) is 45.3. The molecule has 252 valence electrons. The fourth-order valence-corrected chi connectivity index (χ4v) is 6.67. The third-order valence-electron chi connectivity index (χ3n) is 9.41. The summed E-state index contributed by atoms with van der Waals surface area (Å²) in [5.41, 5.74) is 14.2. The van der Waals surface area contributed by atoms with Crippen LogP contribution >= 0.6 is 0 Å². The zero-order chi connectivity index (χ0) is 33.2. The van der Waals surface area contributed by atoms with E-state index >= 15 is 0 Å². The maximum absolute atomic E-state index is 13.4. The Balaban J connectivity index is 3.20. The second kappa shape index (κ2) is 21.3. The largest absolute Gasteiger partial charge is 0.366 e. The van der Waals surface area contributed by atoms with Crippen molar-refractivity contribution in [2.45, 2.75) is 136 Å². The van der Waals surface area contributed by atoms with Gasteiger partial charge in [-0.15, -0.1) is 6.58 Å². The van der Waals surface area contributed by atoms with Crippen molar-refractivity contribution in [3.8, 4) is 0 Å². The molecule has 0 aromatic rings. The number of unbranched alkanes of at least 4 members (excludes halogenated alkanes) is 10. The molecule has 1 rings (SSSR count). The first-order valence-corrected chi connectivity index (χ1v) is 17.3. The molecule has 3 unspecified atom stereocenters. The van der Waals surface area contributed by atoms with Crippen LogP contribution in [0, 0.1) is 5.92 Å². The smallest absolute Gasteiger partial charge is 0.246 e. The number of amides is 3. The van der Waals surface area contributed by atoms with Gasteiger partial charge < -0.3 is 21.3 Å². The number of primary amides is 2. The highest BCUT2D eigenvalue weighted by atomic mass is 16.2. The van der Waals surface area contributed by atoms with Crippen molar-refractivity contribution in [2.24, 2.45) is 17.4 Å². The van der Waals surface area contributed by atoms with Crippen LogP contribution in [0.15, 0.2) is 35.1 Å². The number of nitrogens with zero attached hydrogens (tertiary/aromatic N) is 3. The quantitative estimate of drug-likeness (QED) is 0.0750. The Hall–Kier alpha value is -2.45. The molecular weight excluding hydrogens is 550 g/mol. The molecule has 0 aromatic carbocycles. The Morgan fingerprint density at radius 2 is 1.41 bits per heavy atom. The van der Waals surface area contributed by atoms with Crippen LogP contribution in [-0.2, 0) is 14.4 Å². The highest BCUT2D eigenvalue weighted by Crippen LogP contribution is 2.33. The molecule has 0 aliphatic carbocycles. The van der Waals surface area contributed by atoms with E-state index in [-0.39, 0.29) is 30.3 Å². The van der Waals surface area contributed by atoms with E-state index < -0.39 is 11.8 Å². The average Bonchev–Trinajstić information content (AvgIpc) is 3.35. The van der Waals surface area contributed by atoms with Gasteiger partial charge in [0.15, 0.2) is 0 Å². The molecular formula is C36H65N5O3. The van der Waals surface area contributed by atoms with Gasteiger partial charge in [0, 0.05) is 41.9 Å². The molecule has 1 heterocycles. The number of carbonyl (C=O) groups excluding carboxylic acids is 3. The lowest BCUT2D eigenvalue weighted by Gasteiger charge is -2.35. The predicted molar refractivity (Wildman–Crippen MR) is 184 cm³/mol. The minimum absolute atomic E-state index is 0.0631. The van der Waals surface area contributed by atoms with E-state index in [9.17, 15) is 14.4 Å². The van der Waals surface area contributed by atoms with Crippen LogP contribution in [0.1, 0.15) is 124 Å². The number of hydrogen-bond acceptors (Lipinski definition) is 5. The van der Waals surface area contributed by atoms with Crippen molar-refractivity contribution in [2.75, 3.05) is 34.2 Å². The third-order valence-corrected chi connectivity index (χ3v) is 9.41. The van der Waals surface area contributed by atoms with Gasteiger partial charge in [0.2, 0.25) is 17.7 Å². The van der Waals surface area contributed by atoms with Crippen LogP contribution in [0.4, 0.5) is 0 Å². The zero-order valence-corrected chi connectivity index (χ0v) is 29.3. The minimum atomic E-state index is -0.576. The van der Waals surface area contributed by atoms with Crippen molar-refractivity contribution in [3.05, 3.63) is 35.1 Å². The van der Waals surface area contributed by atoms with Gasteiger partial charge in [0.25, 0.3) is 0 Å². The van der Waals surface area contributed by atoms with Crippen molar-refractivity contribution >= 4 is 17.7 Å². The maximum atomic E-state index is 13.4. The molecule has 3 amide bonds. The fourth-order valence-electron chi connectivity index (χ4n) is 6.67. The van der Waals surface area contributed by atoms with E-state index in [1.165, 1.54) is 64.2 Å². The average molecular weight is 616 g/mol.